The fraction of sp³-hybridized carbons (Fsp3) is 0.591. The van der Waals surface area contributed by atoms with Crippen molar-refractivity contribution < 1.29 is 4.42 Å². The van der Waals surface area contributed by atoms with E-state index in [-0.39, 0.29) is 29.4 Å². The lowest BCUT2D eigenvalue weighted by Gasteiger charge is -2.33. The SMILES string of the molecule is CCNC(=NCc1ccnc(N2CCN(C)CC2)c1)NCc1ncc(C(C)(C)C)o1.I. The fourth-order valence-corrected chi connectivity index (χ4v) is 3.18. The van der Waals surface area contributed by atoms with Gasteiger partial charge in [0.2, 0.25) is 5.89 Å². The van der Waals surface area contributed by atoms with Crippen LogP contribution in [0.25, 0.3) is 0 Å². The molecule has 0 amide bonds. The van der Waals surface area contributed by atoms with Gasteiger partial charge in [-0.1, -0.05) is 20.8 Å². The van der Waals surface area contributed by atoms with Gasteiger partial charge in [-0.3, -0.25) is 0 Å². The third-order valence-corrected chi connectivity index (χ3v) is 5.10. The van der Waals surface area contributed by atoms with E-state index >= 15 is 0 Å². The molecule has 1 fully saturated rings. The summed E-state index contributed by atoms with van der Waals surface area (Å²) in [4.78, 5) is 18.3. The maximum atomic E-state index is 5.86. The number of oxazole rings is 1. The predicted molar refractivity (Wildman–Crippen MR) is 136 cm³/mol. The highest BCUT2D eigenvalue weighted by Gasteiger charge is 2.19. The number of hydrogen-bond donors (Lipinski definition) is 2. The van der Waals surface area contributed by atoms with Gasteiger partial charge in [0.15, 0.2) is 5.96 Å². The van der Waals surface area contributed by atoms with Gasteiger partial charge < -0.3 is 24.9 Å². The third-order valence-electron chi connectivity index (χ3n) is 5.10. The number of aliphatic imine (C=N–C) groups is 1. The Labute approximate surface area is 202 Å². The Morgan fingerprint density at radius 1 is 1.16 bits per heavy atom. The number of hydrogen-bond acceptors (Lipinski definition) is 6. The van der Waals surface area contributed by atoms with Crippen molar-refractivity contribution in [2.24, 2.45) is 4.99 Å². The van der Waals surface area contributed by atoms with Crippen molar-refractivity contribution in [2.45, 2.75) is 46.2 Å². The second-order valence-electron chi connectivity index (χ2n) is 8.73. The lowest BCUT2D eigenvalue weighted by atomic mass is 9.94. The Kier molecular flexibility index (Phi) is 9.54. The standard InChI is InChI=1S/C22H35N7O.HI/c1-6-23-21(27-16-20-25-15-18(30-20)22(2,3)4)26-14-17-7-8-24-19(13-17)29-11-9-28(5)10-12-29;/h7-8,13,15H,6,9-12,14,16H2,1-5H3,(H2,23,26,27);1H. The lowest BCUT2D eigenvalue weighted by Crippen LogP contribution is -2.44. The highest BCUT2D eigenvalue weighted by atomic mass is 127. The number of piperazine rings is 1. The predicted octanol–water partition coefficient (Wildman–Crippen LogP) is 2.99. The van der Waals surface area contributed by atoms with E-state index in [4.69, 9.17) is 9.41 Å². The zero-order chi connectivity index (χ0) is 21.6. The second kappa shape index (κ2) is 11.7. The first-order valence-corrected chi connectivity index (χ1v) is 10.7. The molecule has 2 N–H and O–H groups in total. The van der Waals surface area contributed by atoms with Gasteiger partial charge >= 0.3 is 0 Å². The first-order valence-electron chi connectivity index (χ1n) is 10.7. The van der Waals surface area contributed by atoms with E-state index in [1.165, 1.54) is 0 Å². The van der Waals surface area contributed by atoms with Crippen LogP contribution in [0.1, 0.15) is 44.9 Å². The smallest absolute Gasteiger partial charge is 0.213 e. The van der Waals surface area contributed by atoms with E-state index in [1.54, 1.807) is 6.20 Å². The molecule has 2 aromatic heterocycles. The molecule has 1 aliphatic heterocycles. The minimum Gasteiger partial charge on any atom is -0.443 e. The third kappa shape index (κ3) is 7.64. The zero-order valence-electron chi connectivity index (χ0n) is 19.3. The van der Waals surface area contributed by atoms with E-state index < -0.39 is 0 Å². The van der Waals surface area contributed by atoms with Gasteiger partial charge in [0.05, 0.1) is 19.3 Å². The van der Waals surface area contributed by atoms with Gasteiger partial charge in [-0.2, -0.15) is 0 Å². The van der Waals surface area contributed by atoms with Crippen LogP contribution in [-0.4, -0.2) is 60.6 Å². The van der Waals surface area contributed by atoms with Gasteiger partial charge in [0.1, 0.15) is 11.6 Å². The molecule has 0 saturated carbocycles. The van der Waals surface area contributed by atoms with Gasteiger partial charge in [0.25, 0.3) is 0 Å². The maximum Gasteiger partial charge on any atom is 0.213 e. The Morgan fingerprint density at radius 3 is 2.55 bits per heavy atom. The van der Waals surface area contributed by atoms with E-state index in [2.05, 4.69) is 71.2 Å². The summed E-state index contributed by atoms with van der Waals surface area (Å²) < 4.78 is 5.86. The van der Waals surface area contributed by atoms with Crippen LogP contribution in [0, 0.1) is 0 Å². The minimum absolute atomic E-state index is 0. The molecule has 8 nitrogen and oxygen atoms in total. The number of aromatic nitrogens is 2. The van der Waals surface area contributed by atoms with Gasteiger partial charge in [-0.05, 0) is 31.7 Å². The summed E-state index contributed by atoms with van der Waals surface area (Å²) in [5.41, 5.74) is 1.09. The molecular weight excluding hydrogens is 505 g/mol. The van der Waals surface area contributed by atoms with Crippen molar-refractivity contribution in [3.63, 3.8) is 0 Å². The molecular formula is C22H36IN7O. The quantitative estimate of drug-likeness (QED) is 0.331. The van der Waals surface area contributed by atoms with E-state index in [0.717, 1.165) is 55.8 Å². The molecule has 0 aliphatic carbocycles. The Hall–Kier alpha value is -1.88. The van der Waals surface area contributed by atoms with Gasteiger partial charge in [-0.25, -0.2) is 15.0 Å². The van der Waals surface area contributed by atoms with E-state index in [9.17, 15) is 0 Å². The molecule has 3 rings (SSSR count). The molecule has 0 unspecified atom stereocenters. The molecule has 3 heterocycles. The number of rotatable bonds is 6. The minimum atomic E-state index is -0.0489. The molecule has 0 radical (unpaired) electrons. The van der Waals surface area contributed by atoms with Crippen LogP contribution in [-0.2, 0) is 18.5 Å². The van der Waals surface area contributed by atoms with Crippen molar-refractivity contribution in [3.8, 4) is 0 Å². The molecule has 2 aromatic rings. The molecule has 31 heavy (non-hydrogen) atoms. The number of nitrogens with one attached hydrogen (secondary N) is 2. The Balaban J connectivity index is 0.00000341. The number of halogens is 1. The summed E-state index contributed by atoms with van der Waals surface area (Å²) in [5.74, 6) is 3.32. The molecule has 0 atom stereocenters. The normalized spacial score (nSPS) is 15.5. The molecule has 1 aliphatic rings. The molecule has 172 valence electrons. The van der Waals surface area contributed by atoms with Crippen LogP contribution in [0.15, 0.2) is 33.9 Å². The highest BCUT2D eigenvalue weighted by molar-refractivity contribution is 14.0. The van der Waals surface area contributed by atoms with Crippen molar-refractivity contribution >= 4 is 35.8 Å². The molecule has 9 heteroatoms. The summed E-state index contributed by atoms with van der Waals surface area (Å²) in [6.45, 7) is 14.4. The Bertz CT molecular complexity index is 838. The molecule has 0 bridgehead atoms. The number of guanidine groups is 1. The van der Waals surface area contributed by atoms with Crippen molar-refractivity contribution in [1.29, 1.82) is 0 Å². The van der Waals surface area contributed by atoms with Crippen LogP contribution in [0.5, 0.6) is 0 Å². The molecule has 0 aromatic carbocycles. The van der Waals surface area contributed by atoms with Crippen LogP contribution in [0.4, 0.5) is 5.82 Å². The largest absolute Gasteiger partial charge is 0.443 e. The number of pyridine rings is 1. The Morgan fingerprint density at radius 2 is 1.90 bits per heavy atom. The lowest BCUT2D eigenvalue weighted by molar-refractivity contribution is 0.312. The van der Waals surface area contributed by atoms with Crippen LogP contribution in [0.3, 0.4) is 0 Å². The van der Waals surface area contributed by atoms with Crippen LogP contribution >= 0.6 is 24.0 Å². The van der Waals surface area contributed by atoms with Gasteiger partial charge in [-0.15, -0.1) is 24.0 Å². The summed E-state index contributed by atoms with van der Waals surface area (Å²) >= 11 is 0. The fourth-order valence-electron chi connectivity index (χ4n) is 3.18. The van der Waals surface area contributed by atoms with Crippen LogP contribution in [0.2, 0.25) is 0 Å². The topological polar surface area (TPSA) is 81.8 Å². The zero-order valence-corrected chi connectivity index (χ0v) is 21.6. The first kappa shape index (κ1) is 25.4. The summed E-state index contributed by atoms with van der Waals surface area (Å²) in [6, 6.07) is 4.17. The average Bonchev–Trinajstić information content (AvgIpc) is 3.20. The van der Waals surface area contributed by atoms with E-state index in [1.807, 2.05) is 12.3 Å². The van der Waals surface area contributed by atoms with E-state index in [0.29, 0.717) is 19.0 Å². The number of likely N-dealkylation sites (N-methyl/N-ethyl adjacent to an activating group) is 1. The maximum absolute atomic E-state index is 5.86. The first-order chi connectivity index (χ1) is 14.3. The van der Waals surface area contributed by atoms with Crippen LogP contribution < -0.4 is 15.5 Å². The number of nitrogens with zero attached hydrogens (tertiary/aromatic N) is 5. The van der Waals surface area contributed by atoms with Crippen molar-refractivity contribution in [1.82, 2.24) is 25.5 Å². The number of anilines is 1. The summed E-state index contributed by atoms with van der Waals surface area (Å²) in [5, 5.41) is 6.59. The highest BCUT2D eigenvalue weighted by Crippen LogP contribution is 2.22. The van der Waals surface area contributed by atoms with Crippen molar-refractivity contribution in [3.05, 3.63) is 41.7 Å². The molecule has 0 spiro atoms. The molecule has 1 saturated heterocycles. The van der Waals surface area contributed by atoms with Gasteiger partial charge in [0, 0.05) is 44.3 Å². The summed E-state index contributed by atoms with van der Waals surface area (Å²) in [6.07, 6.45) is 3.68. The average molecular weight is 541 g/mol. The monoisotopic (exact) mass is 541 g/mol. The second-order valence-corrected chi connectivity index (χ2v) is 8.73. The summed E-state index contributed by atoms with van der Waals surface area (Å²) in [7, 11) is 2.16. The van der Waals surface area contributed by atoms with Crippen molar-refractivity contribution in [2.75, 3.05) is 44.7 Å².